The van der Waals surface area contributed by atoms with Crippen LogP contribution in [0, 0.1) is 11.3 Å². The Morgan fingerprint density at radius 3 is 2.54 bits per heavy atom. The van der Waals surface area contributed by atoms with Gasteiger partial charge in [0.2, 0.25) is 11.9 Å². The molecular weight excluding hydrogens is 457 g/mol. The number of carbonyl (C=O) groups excluding carboxylic acids is 1. The monoisotopic (exact) mass is 486 g/mol. The number of amides is 1. The van der Waals surface area contributed by atoms with Gasteiger partial charge in [0.05, 0.1) is 11.0 Å². The average molecular weight is 487 g/mol. The Morgan fingerprint density at radius 2 is 1.91 bits per heavy atom. The number of fused-ring (bicyclic) bond motifs is 1. The summed E-state index contributed by atoms with van der Waals surface area (Å²) in [6.07, 6.45) is 1.30. The Labute approximate surface area is 202 Å². The van der Waals surface area contributed by atoms with Crippen LogP contribution in [0.3, 0.4) is 0 Å². The molecule has 35 heavy (non-hydrogen) atoms. The first-order valence-electron chi connectivity index (χ1n) is 11.5. The Hall–Kier alpha value is -3.49. The second kappa shape index (κ2) is 9.28. The highest BCUT2D eigenvalue weighted by Gasteiger charge is 2.35. The average Bonchev–Trinajstić information content (AvgIpc) is 3.08. The zero-order chi connectivity index (χ0) is 25.4. The number of primary amides is 1. The van der Waals surface area contributed by atoms with Crippen LogP contribution < -0.4 is 15.8 Å². The van der Waals surface area contributed by atoms with Gasteiger partial charge in [-0.05, 0) is 78.6 Å². The van der Waals surface area contributed by atoms with Gasteiger partial charge in [0, 0.05) is 17.8 Å². The van der Waals surface area contributed by atoms with Gasteiger partial charge >= 0.3 is 6.36 Å². The number of nitrogens with zero attached hydrogens (tertiary/aromatic N) is 2. The van der Waals surface area contributed by atoms with Crippen LogP contribution in [0.1, 0.15) is 51.6 Å². The maximum absolute atomic E-state index is 12.5. The first-order chi connectivity index (χ1) is 16.4. The van der Waals surface area contributed by atoms with E-state index in [1.165, 1.54) is 30.3 Å². The molecule has 0 radical (unpaired) electrons. The summed E-state index contributed by atoms with van der Waals surface area (Å²) < 4.78 is 43.7. The first kappa shape index (κ1) is 24.6. The number of ether oxygens (including phenoxy) is 1. The second-order valence-electron chi connectivity index (χ2n) is 10.1. The molecule has 1 heterocycles. The van der Waals surface area contributed by atoms with Crippen LogP contribution >= 0.6 is 0 Å². The van der Waals surface area contributed by atoms with Crippen LogP contribution in [0.15, 0.2) is 48.5 Å². The van der Waals surface area contributed by atoms with Crippen molar-refractivity contribution in [3.8, 4) is 5.75 Å². The van der Waals surface area contributed by atoms with E-state index in [1.807, 2.05) is 18.2 Å². The molecule has 0 aliphatic heterocycles. The standard InChI is InChI=1S/C26H29F3N4O2/c1-16-12-19(15-25(2,3)14-16)33-22-10-4-17(5-11-23(30)34)13-21(22)32-24(33)31-18-6-8-20(9-7-18)35-26(27,28)29/h4-11,13,16,19H,12,14-15H2,1-3H3,(H2,30,34)(H,31,32)/b11-5+/t16?,19-/m0/s1. The van der Waals surface area contributed by atoms with Gasteiger partial charge in [-0.2, -0.15) is 0 Å². The van der Waals surface area contributed by atoms with Gasteiger partial charge in [-0.3, -0.25) is 4.79 Å². The Morgan fingerprint density at radius 1 is 1.20 bits per heavy atom. The minimum atomic E-state index is -4.74. The van der Waals surface area contributed by atoms with E-state index in [4.69, 9.17) is 10.7 Å². The fraction of sp³-hybridized carbons (Fsp3) is 0.385. The van der Waals surface area contributed by atoms with Crippen molar-refractivity contribution in [1.29, 1.82) is 0 Å². The zero-order valence-corrected chi connectivity index (χ0v) is 19.9. The normalized spacial score (nSPS) is 20.3. The number of imidazole rings is 1. The molecule has 2 atom stereocenters. The lowest BCUT2D eigenvalue weighted by molar-refractivity contribution is -0.274. The Balaban J connectivity index is 1.73. The van der Waals surface area contributed by atoms with Gasteiger partial charge in [-0.1, -0.05) is 26.8 Å². The topological polar surface area (TPSA) is 82.2 Å². The van der Waals surface area contributed by atoms with Crippen molar-refractivity contribution in [2.75, 3.05) is 5.32 Å². The van der Waals surface area contributed by atoms with E-state index in [2.05, 4.69) is 35.4 Å². The van der Waals surface area contributed by atoms with E-state index in [0.717, 1.165) is 35.9 Å². The summed E-state index contributed by atoms with van der Waals surface area (Å²) in [5, 5.41) is 3.28. The maximum Gasteiger partial charge on any atom is 0.573 e. The van der Waals surface area contributed by atoms with E-state index in [-0.39, 0.29) is 17.2 Å². The molecule has 9 heteroatoms. The highest BCUT2D eigenvalue weighted by Crippen LogP contribution is 2.46. The molecule has 1 aliphatic carbocycles. The molecule has 3 aromatic rings. The molecule has 0 spiro atoms. The third-order valence-electron chi connectivity index (χ3n) is 6.23. The molecule has 1 amide bonds. The number of benzene rings is 2. The van der Waals surface area contributed by atoms with Crippen molar-refractivity contribution in [2.24, 2.45) is 17.1 Å². The van der Waals surface area contributed by atoms with Crippen LogP contribution in [0.5, 0.6) is 5.75 Å². The molecule has 2 aromatic carbocycles. The van der Waals surface area contributed by atoms with Gasteiger partial charge in [0.25, 0.3) is 0 Å². The SMILES string of the molecule is CC1C[C@H](n2c(Nc3ccc(OC(F)(F)F)cc3)nc3cc(/C=C/C(N)=O)ccc32)CC(C)(C)C1. The molecule has 1 fully saturated rings. The minimum absolute atomic E-state index is 0.164. The van der Waals surface area contributed by atoms with Crippen molar-refractivity contribution in [1.82, 2.24) is 9.55 Å². The third kappa shape index (κ3) is 6.15. The molecule has 0 saturated heterocycles. The Bertz CT molecular complexity index is 1250. The van der Waals surface area contributed by atoms with Crippen molar-refractivity contribution < 1.29 is 22.7 Å². The fourth-order valence-electron chi connectivity index (χ4n) is 5.22. The van der Waals surface area contributed by atoms with Crippen LogP contribution in [-0.2, 0) is 4.79 Å². The number of hydrogen-bond donors (Lipinski definition) is 2. The van der Waals surface area contributed by atoms with Crippen molar-refractivity contribution in [2.45, 2.75) is 52.4 Å². The number of alkyl halides is 3. The maximum atomic E-state index is 12.5. The summed E-state index contributed by atoms with van der Waals surface area (Å²) >= 11 is 0. The van der Waals surface area contributed by atoms with E-state index in [1.54, 1.807) is 6.08 Å². The molecule has 1 saturated carbocycles. The summed E-state index contributed by atoms with van der Waals surface area (Å²) in [6.45, 7) is 6.80. The zero-order valence-electron chi connectivity index (χ0n) is 19.9. The summed E-state index contributed by atoms with van der Waals surface area (Å²) in [5.74, 6) is 0.320. The molecule has 0 bridgehead atoms. The van der Waals surface area contributed by atoms with Gasteiger partial charge in [-0.25, -0.2) is 4.98 Å². The first-order valence-corrected chi connectivity index (χ1v) is 11.5. The van der Waals surface area contributed by atoms with E-state index < -0.39 is 12.3 Å². The lowest BCUT2D eigenvalue weighted by Gasteiger charge is -2.40. The minimum Gasteiger partial charge on any atom is -0.406 e. The van der Waals surface area contributed by atoms with Crippen molar-refractivity contribution in [3.05, 3.63) is 54.1 Å². The van der Waals surface area contributed by atoms with Crippen LogP contribution in [-0.4, -0.2) is 21.8 Å². The van der Waals surface area contributed by atoms with Crippen LogP contribution in [0.25, 0.3) is 17.1 Å². The number of hydrogen-bond acceptors (Lipinski definition) is 4. The molecule has 3 N–H and O–H groups in total. The van der Waals surface area contributed by atoms with Crippen LogP contribution in [0.2, 0.25) is 0 Å². The number of rotatable bonds is 6. The quantitative estimate of drug-likeness (QED) is 0.387. The smallest absolute Gasteiger partial charge is 0.406 e. The van der Waals surface area contributed by atoms with Crippen LogP contribution in [0.4, 0.5) is 24.8 Å². The summed E-state index contributed by atoms with van der Waals surface area (Å²) in [4.78, 5) is 15.9. The van der Waals surface area contributed by atoms with E-state index in [0.29, 0.717) is 17.6 Å². The molecule has 1 aromatic heterocycles. The number of halogens is 3. The second-order valence-corrected chi connectivity index (χ2v) is 10.1. The largest absolute Gasteiger partial charge is 0.573 e. The highest BCUT2D eigenvalue weighted by molar-refractivity contribution is 5.91. The summed E-state index contributed by atoms with van der Waals surface area (Å²) in [5.41, 5.74) is 8.45. The van der Waals surface area contributed by atoms with Crippen molar-refractivity contribution >= 4 is 34.7 Å². The number of aromatic nitrogens is 2. The van der Waals surface area contributed by atoms with Crippen molar-refractivity contribution in [3.63, 3.8) is 0 Å². The molecule has 186 valence electrons. The molecule has 1 unspecified atom stereocenters. The van der Waals surface area contributed by atoms with E-state index in [9.17, 15) is 18.0 Å². The van der Waals surface area contributed by atoms with Gasteiger partial charge in [0.1, 0.15) is 5.75 Å². The van der Waals surface area contributed by atoms with E-state index >= 15 is 0 Å². The molecule has 6 nitrogen and oxygen atoms in total. The predicted octanol–water partition coefficient (Wildman–Crippen LogP) is 6.56. The number of nitrogens with two attached hydrogens (primary N) is 1. The summed E-state index contributed by atoms with van der Waals surface area (Å²) in [6, 6.07) is 11.5. The fourth-order valence-corrected chi connectivity index (χ4v) is 5.22. The molecular formula is C26H29F3N4O2. The third-order valence-corrected chi connectivity index (χ3v) is 6.23. The molecule has 1 aliphatic rings. The van der Waals surface area contributed by atoms with Gasteiger partial charge in [0.15, 0.2) is 0 Å². The lowest BCUT2D eigenvalue weighted by atomic mass is 9.70. The number of carbonyl (C=O) groups is 1. The summed E-state index contributed by atoms with van der Waals surface area (Å²) in [7, 11) is 0. The van der Waals surface area contributed by atoms with Gasteiger partial charge in [-0.15, -0.1) is 13.2 Å². The Kier molecular flexibility index (Phi) is 6.53. The number of anilines is 2. The number of nitrogens with one attached hydrogen (secondary N) is 1. The predicted molar refractivity (Wildman–Crippen MR) is 130 cm³/mol. The van der Waals surface area contributed by atoms with Gasteiger partial charge < -0.3 is 20.4 Å². The molecule has 4 rings (SSSR count). The lowest BCUT2D eigenvalue weighted by Crippen LogP contribution is -2.29. The highest BCUT2D eigenvalue weighted by atomic mass is 19.4.